The summed E-state index contributed by atoms with van der Waals surface area (Å²) < 4.78 is 0. The lowest BCUT2D eigenvalue weighted by Gasteiger charge is -2.20. The Balaban J connectivity index is 1.54. The van der Waals surface area contributed by atoms with Crippen LogP contribution in [0.4, 0.5) is 4.79 Å². The molecule has 5 nitrogen and oxygen atoms in total. The van der Waals surface area contributed by atoms with Crippen molar-refractivity contribution in [3.05, 3.63) is 36.0 Å². The van der Waals surface area contributed by atoms with Gasteiger partial charge in [-0.25, -0.2) is 4.79 Å². The number of aromatic amines is 1. The molecule has 2 N–H and O–H groups in total. The maximum Gasteiger partial charge on any atom is 0.318 e. The van der Waals surface area contributed by atoms with E-state index >= 15 is 0 Å². The quantitative estimate of drug-likeness (QED) is 0.914. The number of benzene rings is 1. The van der Waals surface area contributed by atoms with Crippen molar-refractivity contribution in [2.45, 2.75) is 25.8 Å². The van der Waals surface area contributed by atoms with Gasteiger partial charge in [-0.15, -0.1) is 0 Å². The van der Waals surface area contributed by atoms with Crippen LogP contribution in [0.25, 0.3) is 10.9 Å². The molecule has 2 amide bonds. The molecule has 0 spiro atoms. The number of urea groups is 1. The highest BCUT2D eigenvalue weighted by atomic mass is 16.2. The lowest BCUT2D eigenvalue weighted by atomic mass is 10.1. The van der Waals surface area contributed by atoms with Gasteiger partial charge in [0.15, 0.2) is 0 Å². The fourth-order valence-electron chi connectivity index (χ4n) is 3.07. The smallest absolute Gasteiger partial charge is 0.318 e. The zero-order chi connectivity index (χ0) is 15.5. The van der Waals surface area contributed by atoms with Crippen molar-refractivity contribution in [1.82, 2.24) is 15.2 Å². The summed E-state index contributed by atoms with van der Waals surface area (Å²) in [6.45, 7) is 3.30. The van der Waals surface area contributed by atoms with Gasteiger partial charge in [0.2, 0.25) is 0 Å². The highest BCUT2D eigenvalue weighted by Crippen LogP contribution is 2.22. The Labute approximate surface area is 129 Å². The van der Waals surface area contributed by atoms with Crippen LogP contribution >= 0.6 is 0 Å². The van der Waals surface area contributed by atoms with Crippen LogP contribution in [0.1, 0.15) is 19.0 Å². The van der Waals surface area contributed by atoms with Crippen molar-refractivity contribution in [3.63, 3.8) is 0 Å². The van der Waals surface area contributed by atoms with Crippen LogP contribution in [0.2, 0.25) is 0 Å². The van der Waals surface area contributed by atoms with Crippen LogP contribution in [0.15, 0.2) is 30.3 Å². The van der Waals surface area contributed by atoms with Crippen LogP contribution in [-0.4, -0.2) is 35.0 Å². The zero-order valence-corrected chi connectivity index (χ0v) is 12.7. The molecule has 3 rings (SSSR count). The minimum absolute atomic E-state index is 0.132. The summed E-state index contributed by atoms with van der Waals surface area (Å²) >= 11 is 0. The summed E-state index contributed by atoms with van der Waals surface area (Å²) in [5.41, 5.74) is 2.22. The summed E-state index contributed by atoms with van der Waals surface area (Å²) in [5.74, 6) is 0.393. The van der Waals surface area contributed by atoms with Crippen molar-refractivity contribution in [2.75, 3.05) is 13.1 Å². The van der Waals surface area contributed by atoms with Gasteiger partial charge in [0.1, 0.15) is 6.04 Å². The number of H-pyrrole nitrogens is 1. The number of carbonyl (C=O) groups excluding carboxylic acids is 1. The molecule has 1 aromatic heterocycles. The van der Waals surface area contributed by atoms with Crippen LogP contribution in [0.5, 0.6) is 0 Å². The first-order chi connectivity index (χ1) is 10.7. The first-order valence-electron chi connectivity index (χ1n) is 7.68. The van der Waals surface area contributed by atoms with E-state index < -0.39 is 0 Å². The second-order valence-corrected chi connectivity index (χ2v) is 6.00. The third-order valence-electron chi connectivity index (χ3n) is 4.18. The average molecular weight is 296 g/mol. The number of hydrogen-bond donors (Lipinski definition) is 2. The van der Waals surface area contributed by atoms with E-state index in [-0.39, 0.29) is 12.1 Å². The molecule has 114 valence electrons. The number of likely N-dealkylation sites (tertiary alicyclic amines) is 1. The van der Waals surface area contributed by atoms with Gasteiger partial charge in [-0.3, -0.25) is 0 Å². The lowest BCUT2D eigenvalue weighted by molar-refractivity contribution is 0.200. The van der Waals surface area contributed by atoms with E-state index in [4.69, 9.17) is 5.26 Å². The molecule has 0 saturated carbocycles. The topological polar surface area (TPSA) is 71.9 Å². The molecule has 1 aliphatic heterocycles. The van der Waals surface area contributed by atoms with E-state index in [1.165, 1.54) is 5.39 Å². The van der Waals surface area contributed by atoms with Gasteiger partial charge in [0, 0.05) is 30.7 Å². The molecule has 1 fully saturated rings. The molecule has 1 aromatic carbocycles. The van der Waals surface area contributed by atoms with Gasteiger partial charge in [0.05, 0.1) is 6.07 Å². The highest BCUT2D eigenvalue weighted by molar-refractivity contribution is 5.80. The Kier molecular flexibility index (Phi) is 4.01. The number of amides is 2. The number of nitriles is 1. The fraction of sp³-hybridized carbons (Fsp3) is 0.412. The minimum atomic E-state index is -0.289. The van der Waals surface area contributed by atoms with Gasteiger partial charge in [-0.2, -0.15) is 5.26 Å². The SMILES string of the molecule is CC1CC(C#N)N(C(=O)NCCc2cc3ccccc3[nH]2)C1. The van der Waals surface area contributed by atoms with Crippen molar-refractivity contribution >= 4 is 16.9 Å². The molecule has 0 radical (unpaired) electrons. The van der Waals surface area contributed by atoms with Crippen molar-refractivity contribution < 1.29 is 4.79 Å². The van der Waals surface area contributed by atoms with E-state index in [0.29, 0.717) is 19.0 Å². The van der Waals surface area contributed by atoms with E-state index in [1.807, 2.05) is 18.2 Å². The largest absolute Gasteiger partial charge is 0.358 e. The molecular weight excluding hydrogens is 276 g/mol. The van der Waals surface area contributed by atoms with Gasteiger partial charge in [-0.1, -0.05) is 25.1 Å². The standard InChI is InChI=1S/C17H20N4O/c1-12-8-15(10-18)21(11-12)17(22)19-7-6-14-9-13-4-2-3-5-16(13)20-14/h2-5,9,12,15,20H,6-8,11H2,1H3,(H,19,22). The number of nitrogens with one attached hydrogen (secondary N) is 2. The minimum Gasteiger partial charge on any atom is -0.358 e. The Morgan fingerprint density at radius 3 is 3.09 bits per heavy atom. The van der Waals surface area contributed by atoms with Gasteiger partial charge in [0.25, 0.3) is 0 Å². The summed E-state index contributed by atoms with van der Waals surface area (Å²) in [5, 5.41) is 13.2. The first kappa shape index (κ1) is 14.5. The lowest BCUT2D eigenvalue weighted by Crippen LogP contribution is -2.43. The normalized spacial score (nSPS) is 21.0. The molecule has 2 heterocycles. The van der Waals surface area contributed by atoms with Gasteiger partial charge >= 0.3 is 6.03 Å². The van der Waals surface area contributed by atoms with Crippen molar-refractivity contribution in [1.29, 1.82) is 5.26 Å². The van der Waals surface area contributed by atoms with Gasteiger partial charge < -0.3 is 15.2 Å². The highest BCUT2D eigenvalue weighted by Gasteiger charge is 2.32. The summed E-state index contributed by atoms with van der Waals surface area (Å²) in [6, 6.07) is 12.0. The molecule has 1 aliphatic rings. The van der Waals surface area contributed by atoms with E-state index in [9.17, 15) is 4.79 Å². The number of para-hydroxylation sites is 1. The number of fused-ring (bicyclic) bond motifs is 1. The molecule has 22 heavy (non-hydrogen) atoms. The number of aromatic nitrogens is 1. The monoisotopic (exact) mass is 296 g/mol. The third-order valence-corrected chi connectivity index (χ3v) is 4.18. The first-order valence-corrected chi connectivity index (χ1v) is 7.68. The second-order valence-electron chi connectivity index (χ2n) is 6.00. The zero-order valence-electron chi connectivity index (χ0n) is 12.7. The van der Waals surface area contributed by atoms with Crippen LogP contribution in [0, 0.1) is 17.2 Å². The Morgan fingerprint density at radius 1 is 1.50 bits per heavy atom. The number of hydrogen-bond acceptors (Lipinski definition) is 2. The molecule has 1 saturated heterocycles. The third kappa shape index (κ3) is 2.91. The molecule has 2 atom stereocenters. The number of carbonyl (C=O) groups is 1. The molecule has 0 bridgehead atoms. The molecule has 2 aromatic rings. The fourth-order valence-corrected chi connectivity index (χ4v) is 3.07. The molecule has 0 aliphatic carbocycles. The Hall–Kier alpha value is -2.48. The van der Waals surface area contributed by atoms with Crippen molar-refractivity contribution in [2.24, 2.45) is 5.92 Å². The summed E-state index contributed by atoms with van der Waals surface area (Å²) in [4.78, 5) is 17.2. The van der Waals surface area contributed by atoms with Gasteiger partial charge in [-0.05, 0) is 29.9 Å². The van der Waals surface area contributed by atoms with E-state index in [2.05, 4.69) is 35.4 Å². The summed E-state index contributed by atoms with van der Waals surface area (Å²) in [7, 11) is 0. The number of nitrogens with zero attached hydrogens (tertiary/aromatic N) is 2. The van der Waals surface area contributed by atoms with Crippen LogP contribution < -0.4 is 5.32 Å². The Morgan fingerprint density at radius 2 is 2.32 bits per heavy atom. The van der Waals surface area contributed by atoms with Crippen LogP contribution in [0.3, 0.4) is 0 Å². The average Bonchev–Trinajstić information content (AvgIpc) is 3.09. The predicted molar refractivity (Wildman–Crippen MR) is 85.3 cm³/mol. The summed E-state index contributed by atoms with van der Waals surface area (Å²) in [6.07, 6.45) is 1.52. The molecule has 2 unspecified atom stereocenters. The van der Waals surface area contributed by atoms with Crippen LogP contribution in [-0.2, 0) is 6.42 Å². The maximum absolute atomic E-state index is 12.2. The maximum atomic E-state index is 12.2. The molecular formula is C17H20N4O. The second kappa shape index (κ2) is 6.10. The van der Waals surface area contributed by atoms with E-state index in [0.717, 1.165) is 24.1 Å². The predicted octanol–water partition coefficient (Wildman–Crippen LogP) is 2.65. The number of rotatable bonds is 3. The Bertz CT molecular complexity index is 682. The van der Waals surface area contributed by atoms with E-state index in [1.54, 1.807) is 4.90 Å². The molecule has 5 heteroatoms. The van der Waals surface area contributed by atoms with Crippen molar-refractivity contribution in [3.8, 4) is 6.07 Å².